The predicted molar refractivity (Wildman–Crippen MR) is 84.6 cm³/mol. The molecule has 110 valence electrons. The molecular weight excluding hydrogens is 244 g/mol. The summed E-state index contributed by atoms with van der Waals surface area (Å²) >= 11 is 0. The molecule has 1 heterocycles. The van der Waals surface area contributed by atoms with Crippen LogP contribution in [0.1, 0.15) is 49.7 Å². The minimum Gasteiger partial charge on any atom is -0.330 e. The number of likely N-dealkylation sites (tertiary alicyclic amines) is 1. The van der Waals surface area contributed by atoms with Crippen LogP contribution in [-0.2, 0) is 13.0 Å². The molecule has 1 aliphatic carbocycles. The molecule has 20 heavy (non-hydrogen) atoms. The van der Waals surface area contributed by atoms with Crippen molar-refractivity contribution < 1.29 is 0 Å². The molecule has 0 amide bonds. The van der Waals surface area contributed by atoms with Crippen molar-refractivity contribution in [3.8, 4) is 0 Å². The van der Waals surface area contributed by atoms with Gasteiger partial charge in [0.25, 0.3) is 0 Å². The summed E-state index contributed by atoms with van der Waals surface area (Å²) in [5.41, 5.74) is 9.10. The van der Waals surface area contributed by atoms with Crippen molar-refractivity contribution in [2.24, 2.45) is 11.1 Å². The van der Waals surface area contributed by atoms with E-state index in [1.54, 1.807) is 0 Å². The second kappa shape index (κ2) is 6.28. The Morgan fingerprint density at radius 2 is 1.50 bits per heavy atom. The molecule has 2 N–H and O–H groups in total. The molecule has 2 heteroatoms. The summed E-state index contributed by atoms with van der Waals surface area (Å²) in [5.74, 6) is 0. The standard InChI is InChI=1S/C18H28N2/c19-12-9-16-5-7-17(8-6-16)13-20-14-18(15-20)10-3-1-2-4-11-18/h5-8H,1-4,9-15,19H2. The average Bonchev–Trinajstić information content (AvgIpc) is 2.67. The number of nitrogens with zero attached hydrogens (tertiary/aromatic N) is 1. The van der Waals surface area contributed by atoms with Crippen LogP contribution in [0.25, 0.3) is 0 Å². The summed E-state index contributed by atoms with van der Waals surface area (Å²) < 4.78 is 0. The van der Waals surface area contributed by atoms with E-state index < -0.39 is 0 Å². The fraction of sp³-hybridized carbons (Fsp3) is 0.667. The highest BCUT2D eigenvalue weighted by Crippen LogP contribution is 2.43. The van der Waals surface area contributed by atoms with Gasteiger partial charge in [-0.05, 0) is 42.3 Å². The summed E-state index contributed by atoms with van der Waals surface area (Å²) in [6.45, 7) is 4.54. The molecule has 0 aromatic heterocycles. The van der Waals surface area contributed by atoms with Crippen LogP contribution in [0.2, 0.25) is 0 Å². The lowest BCUT2D eigenvalue weighted by atomic mass is 9.73. The Hall–Kier alpha value is -0.860. The Balaban J connectivity index is 1.50. The van der Waals surface area contributed by atoms with Gasteiger partial charge in [0.15, 0.2) is 0 Å². The van der Waals surface area contributed by atoms with Gasteiger partial charge in [-0.2, -0.15) is 0 Å². The zero-order chi connectivity index (χ0) is 13.8. The first-order valence-corrected chi connectivity index (χ1v) is 8.30. The van der Waals surface area contributed by atoms with Gasteiger partial charge in [0.1, 0.15) is 0 Å². The van der Waals surface area contributed by atoms with Crippen molar-refractivity contribution >= 4 is 0 Å². The number of rotatable bonds is 4. The fourth-order valence-corrected chi connectivity index (χ4v) is 4.05. The third-order valence-electron chi connectivity index (χ3n) is 5.14. The molecule has 1 aromatic rings. The van der Waals surface area contributed by atoms with Crippen LogP contribution in [0, 0.1) is 5.41 Å². The molecule has 0 bridgehead atoms. The monoisotopic (exact) mass is 272 g/mol. The molecule has 1 saturated carbocycles. The van der Waals surface area contributed by atoms with Gasteiger partial charge in [0, 0.05) is 19.6 Å². The minimum atomic E-state index is 0.690. The molecule has 1 saturated heterocycles. The molecule has 1 aliphatic heterocycles. The molecule has 0 atom stereocenters. The van der Waals surface area contributed by atoms with E-state index in [2.05, 4.69) is 29.2 Å². The van der Waals surface area contributed by atoms with Crippen molar-refractivity contribution in [3.05, 3.63) is 35.4 Å². The fourth-order valence-electron chi connectivity index (χ4n) is 4.05. The maximum atomic E-state index is 5.59. The lowest BCUT2D eigenvalue weighted by molar-refractivity contribution is -0.0176. The Labute approximate surface area is 123 Å². The molecule has 1 spiro atoms. The molecule has 2 aliphatic rings. The quantitative estimate of drug-likeness (QED) is 0.911. The highest BCUT2D eigenvalue weighted by Gasteiger charge is 2.42. The van der Waals surface area contributed by atoms with E-state index in [4.69, 9.17) is 5.73 Å². The first-order chi connectivity index (χ1) is 9.80. The van der Waals surface area contributed by atoms with Gasteiger partial charge in [-0.3, -0.25) is 4.90 Å². The minimum absolute atomic E-state index is 0.690. The number of hydrogen-bond donors (Lipinski definition) is 1. The van der Waals surface area contributed by atoms with Crippen LogP contribution >= 0.6 is 0 Å². The second-order valence-corrected chi connectivity index (χ2v) is 6.91. The van der Waals surface area contributed by atoms with E-state index >= 15 is 0 Å². The zero-order valence-corrected chi connectivity index (χ0v) is 12.6. The predicted octanol–water partition coefficient (Wildman–Crippen LogP) is 3.34. The maximum absolute atomic E-state index is 5.59. The van der Waals surface area contributed by atoms with Crippen molar-refractivity contribution in [2.75, 3.05) is 19.6 Å². The lowest BCUT2D eigenvalue weighted by Crippen LogP contribution is -2.55. The van der Waals surface area contributed by atoms with Gasteiger partial charge in [0.2, 0.25) is 0 Å². The lowest BCUT2D eigenvalue weighted by Gasteiger charge is -2.50. The Bertz CT molecular complexity index is 408. The van der Waals surface area contributed by atoms with Gasteiger partial charge in [-0.1, -0.05) is 49.9 Å². The van der Waals surface area contributed by atoms with Gasteiger partial charge in [-0.15, -0.1) is 0 Å². The third kappa shape index (κ3) is 3.24. The molecular formula is C18H28N2. The summed E-state index contributed by atoms with van der Waals surface area (Å²) in [4.78, 5) is 2.63. The van der Waals surface area contributed by atoms with E-state index in [1.165, 1.54) is 62.7 Å². The van der Waals surface area contributed by atoms with Gasteiger partial charge < -0.3 is 5.73 Å². The maximum Gasteiger partial charge on any atom is 0.0234 e. The largest absolute Gasteiger partial charge is 0.330 e. The number of benzene rings is 1. The van der Waals surface area contributed by atoms with E-state index in [0.717, 1.165) is 19.5 Å². The highest BCUT2D eigenvalue weighted by atomic mass is 15.2. The Morgan fingerprint density at radius 3 is 2.10 bits per heavy atom. The zero-order valence-electron chi connectivity index (χ0n) is 12.6. The highest BCUT2D eigenvalue weighted by molar-refractivity contribution is 5.23. The van der Waals surface area contributed by atoms with E-state index in [-0.39, 0.29) is 0 Å². The SMILES string of the molecule is NCCc1ccc(CN2CC3(CCCCCC3)C2)cc1. The summed E-state index contributed by atoms with van der Waals surface area (Å²) in [5, 5.41) is 0. The van der Waals surface area contributed by atoms with Gasteiger partial charge in [0.05, 0.1) is 0 Å². The van der Waals surface area contributed by atoms with Crippen molar-refractivity contribution in [3.63, 3.8) is 0 Å². The van der Waals surface area contributed by atoms with Crippen LogP contribution in [0.3, 0.4) is 0 Å². The van der Waals surface area contributed by atoms with E-state index in [1.807, 2.05) is 0 Å². The molecule has 3 rings (SSSR count). The summed E-state index contributed by atoms with van der Waals surface area (Å²) in [6.07, 6.45) is 9.78. The van der Waals surface area contributed by atoms with Crippen LogP contribution in [0.5, 0.6) is 0 Å². The van der Waals surface area contributed by atoms with E-state index in [0.29, 0.717) is 5.41 Å². The molecule has 2 fully saturated rings. The van der Waals surface area contributed by atoms with Gasteiger partial charge >= 0.3 is 0 Å². The van der Waals surface area contributed by atoms with Crippen LogP contribution in [0.15, 0.2) is 24.3 Å². The van der Waals surface area contributed by atoms with Crippen LogP contribution in [0.4, 0.5) is 0 Å². The van der Waals surface area contributed by atoms with Crippen molar-refractivity contribution in [1.82, 2.24) is 4.90 Å². The van der Waals surface area contributed by atoms with Crippen molar-refractivity contribution in [1.29, 1.82) is 0 Å². The average molecular weight is 272 g/mol. The normalized spacial score (nSPS) is 22.4. The second-order valence-electron chi connectivity index (χ2n) is 6.91. The first-order valence-electron chi connectivity index (χ1n) is 8.30. The van der Waals surface area contributed by atoms with Crippen molar-refractivity contribution in [2.45, 2.75) is 51.5 Å². The Kier molecular flexibility index (Phi) is 4.42. The summed E-state index contributed by atoms with van der Waals surface area (Å²) in [6, 6.07) is 9.04. The first kappa shape index (κ1) is 14.1. The Morgan fingerprint density at radius 1 is 0.900 bits per heavy atom. The molecule has 2 nitrogen and oxygen atoms in total. The number of nitrogens with two attached hydrogens (primary N) is 1. The topological polar surface area (TPSA) is 29.3 Å². The van der Waals surface area contributed by atoms with E-state index in [9.17, 15) is 0 Å². The molecule has 1 aromatic carbocycles. The molecule has 0 unspecified atom stereocenters. The molecule has 0 radical (unpaired) electrons. The van der Waals surface area contributed by atoms with Gasteiger partial charge in [-0.25, -0.2) is 0 Å². The van der Waals surface area contributed by atoms with Crippen LogP contribution < -0.4 is 5.73 Å². The third-order valence-corrected chi connectivity index (χ3v) is 5.14. The summed E-state index contributed by atoms with van der Waals surface area (Å²) in [7, 11) is 0. The van der Waals surface area contributed by atoms with Crippen LogP contribution in [-0.4, -0.2) is 24.5 Å². The smallest absolute Gasteiger partial charge is 0.0234 e. The number of hydrogen-bond acceptors (Lipinski definition) is 2.